The first-order valence-corrected chi connectivity index (χ1v) is 27.7. The van der Waals surface area contributed by atoms with Gasteiger partial charge in [-0.05, 0) is 146 Å². The van der Waals surface area contributed by atoms with Crippen molar-refractivity contribution in [3.63, 3.8) is 0 Å². The minimum absolute atomic E-state index is 0.194. The molecule has 12 aromatic rings. The van der Waals surface area contributed by atoms with Crippen LogP contribution in [-0.4, -0.2) is 0 Å². The molecule has 0 spiro atoms. The molecular formula is C74H60S. The number of thiophene rings is 1. The van der Waals surface area contributed by atoms with Crippen molar-refractivity contribution in [3.8, 4) is 22.3 Å². The van der Waals surface area contributed by atoms with Gasteiger partial charge >= 0.3 is 0 Å². The highest BCUT2D eigenvalue weighted by atomic mass is 32.1. The number of benzene rings is 11. The summed E-state index contributed by atoms with van der Waals surface area (Å²) < 4.78 is 2.71. The normalized spacial score (nSPS) is 13.9. The van der Waals surface area contributed by atoms with Crippen LogP contribution in [0, 0.1) is 13.8 Å². The Balaban J connectivity index is 0.993. The maximum Gasteiger partial charge on any atom is 0.0713 e. The lowest BCUT2D eigenvalue weighted by Gasteiger charge is -2.35. The summed E-state index contributed by atoms with van der Waals surface area (Å²) in [5.74, 6) is 0.625. The van der Waals surface area contributed by atoms with Crippen LogP contribution in [0.3, 0.4) is 0 Å². The highest BCUT2D eigenvalue weighted by Gasteiger charge is 2.47. The number of fused-ring (bicyclic) bond motifs is 8. The van der Waals surface area contributed by atoms with E-state index >= 15 is 0 Å². The molecule has 1 heterocycles. The SMILES string of the molecule is Cc1cccc(CC(c2cccc3sc4ccccc4c23)C(C)c2ccc3c(c2)C(c2ccccc2)(c2ccccc2)c2cc(CCC(c4ccccc4)c4cc(C)cc(-c5ccccc5)c4)c4ccccc4c2-3)c1. The fraction of sp³-hybridized carbons (Fsp3) is 0.135. The lowest BCUT2D eigenvalue weighted by Crippen LogP contribution is -2.29. The van der Waals surface area contributed by atoms with Gasteiger partial charge in [-0.3, -0.25) is 0 Å². The van der Waals surface area contributed by atoms with E-state index in [4.69, 9.17) is 0 Å². The monoisotopic (exact) mass is 980 g/mol. The first-order chi connectivity index (χ1) is 36.9. The molecular weight excluding hydrogens is 921 g/mol. The predicted molar refractivity (Wildman–Crippen MR) is 320 cm³/mol. The van der Waals surface area contributed by atoms with Crippen LogP contribution in [0.25, 0.3) is 53.2 Å². The van der Waals surface area contributed by atoms with E-state index in [0.29, 0.717) is 0 Å². The van der Waals surface area contributed by atoms with Gasteiger partial charge in [0.15, 0.2) is 0 Å². The zero-order chi connectivity index (χ0) is 50.5. The Morgan fingerprint density at radius 2 is 1.08 bits per heavy atom. The van der Waals surface area contributed by atoms with E-state index in [1.54, 1.807) is 0 Å². The molecule has 0 bridgehead atoms. The lowest BCUT2D eigenvalue weighted by molar-refractivity contribution is 0.575. The van der Waals surface area contributed by atoms with Crippen LogP contribution in [0.5, 0.6) is 0 Å². The smallest absolute Gasteiger partial charge is 0.0713 e. The summed E-state index contributed by atoms with van der Waals surface area (Å²) in [5.41, 5.74) is 20.9. The van der Waals surface area contributed by atoms with Crippen LogP contribution in [0.4, 0.5) is 0 Å². The molecule has 0 radical (unpaired) electrons. The Bertz CT molecular complexity index is 3980. The maximum atomic E-state index is 2.64. The molecule has 11 aromatic carbocycles. The van der Waals surface area contributed by atoms with Crippen molar-refractivity contribution in [3.05, 3.63) is 322 Å². The lowest BCUT2D eigenvalue weighted by atomic mass is 9.66. The zero-order valence-corrected chi connectivity index (χ0v) is 43.8. The van der Waals surface area contributed by atoms with E-state index in [1.165, 1.54) is 120 Å². The Hall–Kier alpha value is -8.10. The second kappa shape index (κ2) is 19.6. The summed E-state index contributed by atoms with van der Waals surface area (Å²) in [7, 11) is 0. The van der Waals surface area contributed by atoms with E-state index in [9.17, 15) is 0 Å². The molecule has 1 aromatic heterocycles. The van der Waals surface area contributed by atoms with Gasteiger partial charge in [-0.25, -0.2) is 0 Å². The van der Waals surface area contributed by atoms with Crippen molar-refractivity contribution < 1.29 is 0 Å². The minimum atomic E-state index is -0.572. The average Bonchev–Trinajstić information content (AvgIpc) is 4.19. The van der Waals surface area contributed by atoms with Crippen molar-refractivity contribution in [2.24, 2.45) is 0 Å². The fourth-order valence-corrected chi connectivity index (χ4v) is 14.4. The van der Waals surface area contributed by atoms with Gasteiger partial charge < -0.3 is 0 Å². The molecule has 0 nitrogen and oxygen atoms in total. The zero-order valence-electron chi connectivity index (χ0n) is 43.0. The van der Waals surface area contributed by atoms with Gasteiger partial charge in [0, 0.05) is 26.1 Å². The molecule has 0 saturated carbocycles. The molecule has 1 aliphatic carbocycles. The molecule has 1 aliphatic rings. The average molecular weight is 981 g/mol. The maximum absolute atomic E-state index is 2.64. The molecule has 13 rings (SSSR count). The largest absolute Gasteiger partial charge is 0.135 e. The van der Waals surface area contributed by atoms with Gasteiger partial charge in [0.1, 0.15) is 0 Å². The van der Waals surface area contributed by atoms with Gasteiger partial charge in [0.2, 0.25) is 0 Å². The van der Waals surface area contributed by atoms with Crippen molar-refractivity contribution in [2.45, 2.75) is 63.2 Å². The highest BCUT2D eigenvalue weighted by molar-refractivity contribution is 7.25. The second-order valence-corrected chi connectivity index (χ2v) is 22.3. The number of aryl methyl sites for hydroxylation is 3. The number of hydrogen-bond acceptors (Lipinski definition) is 1. The Morgan fingerprint density at radius 1 is 0.440 bits per heavy atom. The van der Waals surface area contributed by atoms with Crippen molar-refractivity contribution in [1.82, 2.24) is 0 Å². The summed E-state index contributed by atoms with van der Waals surface area (Å²) in [6, 6.07) is 96.9. The van der Waals surface area contributed by atoms with E-state index in [1.807, 2.05) is 11.3 Å². The number of rotatable bonds is 13. The van der Waals surface area contributed by atoms with Gasteiger partial charge in [0.25, 0.3) is 0 Å². The summed E-state index contributed by atoms with van der Waals surface area (Å²) >= 11 is 1.92. The summed E-state index contributed by atoms with van der Waals surface area (Å²) in [6.07, 6.45) is 2.83. The first kappa shape index (κ1) is 46.7. The van der Waals surface area contributed by atoms with Crippen LogP contribution in [0.15, 0.2) is 255 Å². The molecule has 362 valence electrons. The van der Waals surface area contributed by atoms with E-state index in [-0.39, 0.29) is 17.8 Å². The molecule has 1 heteroatoms. The standard InChI is InChI=1S/C74H60S/c1-49-22-20-23-52(42-49)45-67(64-35-21-37-71-73(64)66-34-18-19-36-70(66)75-71)51(3)55-38-41-65-68(47-55)74(59-28-12-6-13-29-59,60-30-14-7-15-31-60)69-48-56(62-32-16-17-33-63(62)72(65)69)39-40-61(54-26-10-5-11-27-54)58-44-50(2)43-57(46-58)53-24-8-4-9-25-53/h4-38,41-44,46-48,51,61,67H,39-40,45H2,1-3H3. The molecule has 0 amide bonds. The van der Waals surface area contributed by atoms with Crippen LogP contribution < -0.4 is 0 Å². The van der Waals surface area contributed by atoms with Crippen LogP contribution in [0.2, 0.25) is 0 Å². The Kier molecular flexibility index (Phi) is 12.2. The van der Waals surface area contributed by atoms with E-state index < -0.39 is 5.41 Å². The van der Waals surface area contributed by atoms with Gasteiger partial charge in [0.05, 0.1) is 5.41 Å². The predicted octanol–water partition coefficient (Wildman–Crippen LogP) is 19.7. The van der Waals surface area contributed by atoms with E-state index in [0.717, 1.165) is 19.3 Å². The molecule has 75 heavy (non-hydrogen) atoms. The molecule has 0 fully saturated rings. The Morgan fingerprint density at radius 3 is 1.81 bits per heavy atom. The third-order valence-corrected chi connectivity index (χ3v) is 17.8. The van der Waals surface area contributed by atoms with Gasteiger partial charge in [-0.2, -0.15) is 0 Å². The summed E-state index contributed by atoms with van der Waals surface area (Å²) in [6.45, 7) is 6.97. The van der Waals surface area contributed by atoms with Crippen molar-refractivity contribution in [1.29, 1.82) is 0 Å². The van der Waals surface area contributed by atoms with Gasteiger partial charge in [-0.15, -0.1) is 11.3 Å². The molecule has 3 atom stereocenters. The summed E-state index contributed by atoms with van der Waals surface area (Å²) in [5, 5.41) is 5.44. The van der Waals surface area contributed by atoms with Crippen molar-refractivity contribution in [2.75, 3.05) is 0 Å². The van der Waals surface area contributed by atoms with Crippen LogP contribution in [0.1, 0.15) is 97.9 Å². The number of hydrogen-bond donors (Lipinski definition) is 0. The fourth-order valence-electron chi connectivity index (χ4n) is 13.2. The van der Waals surface area contributed by atoms with E-state index in [2.05, 4.69) is 276 Å². The third-order valence-electron chi connectivity index (χ3n) is 16.7. The topological polar surface area (TPSA) is 0 Å². The molecule has 0 N–H and O–H groups in total. The highest BCUT2D eigenvalue weighted by Crippen LogP contribution is 2.59. The molecule has 3 unspecified atom stereocenters. The second-order valence-electron chi connectivity index (χ2n) is 21.2. The van der Waals surface area contributed by atoms with Crippen LogP contribution >= 0.6 is 11.3 Å². The molecule has 0 aliphatic heterocycles. The van der Waals surface area contributed by atoms with Crippen molar-refractivity contribution >= 4 is 42.3 Å². The van der Waals surface area contributed by atoms with Gasteiger partial charge in [-0.1, -0.05) is 261 Å². The quantitative estimate of drug-likeness (QED) is 0.108. The Labute approximate surface area is 446 Å². The minimum Gasteiger partial charge on any atom is -0.135 e. The summed E-state index contributed by atoms with van der Waals surface area (Å²) in [4.78, 5) is 0. The van der Waals surface area contributed by atoms with Crippen LogP contribution in [-0.2, 0) is 18.3 Å². The molecule has 0 saturated heterocycles. The third kappa shape index (κ3) is 8.31. The first-order valence-electron chi connectivity index (χ1n) is 26.9.